The Morgan fingerprint density at radius 2 is 1.68 bits per heavy atom. The van der Waals surface area contributed by atoms with Crippen LogP contribution in [0.15, 0.2) is 72.8 Å². The summed E-state index contributed by atoms with van der Waals surface area (Å²) in [5, 5.41) is 9.97. The summed E-state index contributed by atoms with van der Waals surface area (Å²) in [6.45, 7) is 1.83. The van der Waals surface area contributed by atoms with Crippen LogP contribution in [0.5, 0.6) is 0 Å². The molecule has 0 aliphatic carbocycles. The number of urea groups is 1. The number of imide groups is 1. The first-order valence-corrected chi connectivity index (χ1v) is 12.9. The van der Waals surface area contributed by atoms with Crippen LogP contribution < -0.4 is 4.90 Å². The molecule has 3 aromatic rings. The van der Waals surface area contributed by atoms with Crippen molar-refractivity contribution in [2.45, 2.75) is 24.3 Å². The maximum atomic E-state index is 14.2. The minimum absolute atomic E-state index is 0.266. The van der Waals surface area contributed by atoms with Gasteiger partial charge in [0.1, 0.15) is 5.54 Å². The van der Waals surface area contributed by atoms with E-state index in [0.29, 0.717) is 34.4 Å². The number of hydrogen-bond acceptors (Lipinski definition) is 4. The highest BCUT2D eigenvalue weighted by molar-refractivity contribution is 6.35. The van der Waals surface area contributed by atoms with Crippen molar-refractivity contribution in [1.82, 2.24) is 9.80 Å². The van der Waals surface area contributed by atoms with Crippen molar-refractivity contribution in [1.29, 1.82) is 5.26 Å². The number of halogens is 2. The third kappa shape index (κ3) is 4.59. The van der Waals surface area contributed by atoms with E-state index in [1.807, 2.05) is 30.3 Å². The number of aryl methyl sites for hydroxylation is 1. The van der Waals surface area contributed by atoms with Crippen molar-refractivity contribution >= 4 is 40.8 Å². The first-order chi connectivity index (χ1) is 17.8. The number of carbonyl (C=O) groups excluding carboxylic acids is 2. The van der Waals surface area contributed by atoms with E-state index in [1.54, 1.807) is 42.3 Å². The molecule has 1 spiro atoms. The molecule has 0 radical (unpaired) electrons. The number of likely N-dealkylation sites (tertiary alicyclic amines) is 1. The van der Waals surface area contributed by atoms with Crippen molar-refractivity contribution in [3.8, 4) is 6.07 Å². The summed E-state index contributed by atoms with van der Waals surface area (Å²) in [5.41, 5.74) is 2.01. The summed E-state index contributed by atoms with van der Waals surface area (Å²) in [6.07, 6.45) is 1.86. The molecule has 2 aliphatic heterocycles. The molecule has 5 rings (SSSR count). The normalized spacial score (nSPS) is 21.7. The Labute approximate surface area is 226 Å². The van der Waals surface area contributed by atoms with Crippen molar-refractivity contribution < 1.29 is 9.59 Å². The number of amides is 3. The molecule has 0 aromatic heterocycles. The fraction of sp³-hybridized carbons (Fsp3) is 0.276. The van der Waals surface area contributed by atoms with E-state index in [1.165, 1.54) is 10.5 Å². The van der Waals surface area contributed by atoms with Gasteiger partial charge in [0.2, 0.25) is 0 Å². The molecular weight excluding hydrogens is 507 g/mol. The topological polar surface area (TPSA) is 67.7 Å². The average Bonchev–Trinajstić information content (AvgIpc) is 3.36. The minimum Gasteiger partial charge on any atom is -0.310 e. The Balaban J connectivity index is 1.48. The smallest absolute Gasteiger partial charge is 0.310 e. The molecule has 2 atom stereocenters. The third-order valence-corrected chi connectivity index (χ3v) is 7.90. The standard InChI is InChI=1S/C29H26Cl2N4O2/c1-33-28(37)35(25-15-23(30)14-24(31)16-25)27(36)29(33)19-34(13-5-8-20-6-3-2-4-7-20)18-26(29)22-11-9-21(17-32)10-12-22/h2-4,6-7,9-12,14-16,26H,5,8,13,18-19H2,1H3/t26-,29+/m0/s1. The summed E-state index contributed by atoms with van der Waals surface area (Å²) in [5.74, 6) is -0.559. The molecule has 0 N–H and O–H groups in total. The Morgan fingerprint density at radius 1 is 1.00 bits per heavy atom. The van der Waals surface area contributed by atoms with Crippen molar-refractivity contribution in [3.63, 3.8) is 0 Å². The zero-order valence-electron chi connectivity index (χ0n) is 20.4. The molecule has 3 amide bonds. The van der Waals surface area contributed by atoms with Crippen LogP contribution in [0.2, 0.25) is 10.0 Å². The summed E-state index contributed by atoms with van der Waals surface area (Å²) in [7, 11) is 1.69. The molecule has 8 heteroatoms. The van der Waals surface area contributed by atoms with Gasteiger partial charge in [-0.15, -0.1) is 0 Å². The van der Waals surface area contributed by atoms with E-state index < -0.39 is 11.6 Å². The van der Waals surface area contributed by atoms with Crippen LogP contribution in [0.4, 0.5) is 10.5 Å². The second-order valence-corrected chi connectivity index (χ2v) is 10.5. The van der Waals surface area contributed by atoms with Gasteiger partial charge < -0.3 is 4.90 Å². The Hall–Kier alpha value is -3.37. The van der Waals surface area contributed by atoms with Gasteiger partial charge in [-0.3, -0.25) is 9.69 Å². The lowest BCUT2D eigenvalue weighted by atomic mass is 9.80. The lowest BCUT2D eigenvalue weighted by molar-refractivity contribution is -0.124. The quantitative estimate of drug-likeness (QED) is 0.380. The fourth-order valence-corrected chi connectivity index (χ4v) is 6.13. The molecule has 2 heterocycles. The van der Waals surface area contributed by atoms with Crippen LogP contribution in [0.25, 0.3) is 0 Å². The second kappa shape index (κ2) is 10.2. The average molecular weight is 533 g/mol. The van der Waals surface area contributed by atoms with E-state index in [0.717, 1.165) is 24.9 Å². The summed E-state index contributed by atoms with van der Waals surface area (Å²) in [6, 6.07) is 24.1. The predicted molar refractivity (Wildman–Crippen MR) is 145 cm³/mol. The largest absolute Gasteiger partial charge is 0.332 e. The van der Waals surface area contributed by atoms with E-state index in [4.69, 9.17) is 23.2 Å². The third-order valence-electron chi connectivity index (χ3n) is 7.46. The van der Waals surface area contributed by atoms with Gasteiger partial charge in [-0.1, -0.05) is 65.7 Å². The highest BCUT2D eigenvalue weighted by Crippen LogP contribution is 2.46. The van der Waals surface area contributed by atoms with E-state index >= 15 is 0 Å². The van der Waals surface area contributed by atoms with Gasteiger partial charge in [-0.25, -0.2) is 9.69 Å². The number of rotatable bonds is 6. The first-order valence-electron chi connectivity index (χ1n) is 12.2. The molecular formula is C29H26Cl2N4O2. The number of likely N-dealkylation sites (N-methyl/N-ethyl adjacent to an activating group) is 1. The van der Waals surface area contributed by atoms with Crippen LogP contribution in [0.3, 0.4) is 0 Å². The van der Waals surface area contributed by atoms with Crippen molar-refractivity contribution in [2.75, 3.05) is 31.6 Å². The second-order valence-electron chi connectivity index (χ2n) is 9.64. The van der Waals surface area contributed by atoms with Crippen LogP contribution in [-0.4, -0.2) is 54.0 Å². The van der Waals surface area contributed by atoms with Gasteiger partial charge in [-0.2, -0.15) is 5.26 Å². The maximum absolute atomic E-state index is 14.2. The van der Waals surface area contributed by atoms with Gasteiger partial charge >= 0.3 is 6.03 Å². The van der Waals surface area contributed by atoms with Gasteiger partial charge in [0.05, 0.1) is 17.3 Å². The van der Waals surface area contributed by atoms with Crippen LogP contribution in [0.1, 0.15) is 29.0 Å². The zero-order valence-corrected chi connectivity index (χ0v) is 21.9. The first kappa shape index (κ1) is 25.3. The summed E-state index contributed by atoms with van der Waals surface area (Å²) < 4.78 is 0. The molecule has 37 heavy (non-hydrogen) atoms. The lowest BCUT2D eigenvalue weighted by Gasteiger charge is -2.34. The van der Waals surface area contributed by atoms with E-state index in [-0.39, 0.29) is 11.8 Å². The molecule has 6 nitrogen and oxygen atoms in total. The van der Waals surface area contributed by atoms with Crippen LogP contribution in [-0.2, 0) is 11.2 Å². The number of nitrogens with zero attached hydrogens (tertiary/aromatic N) is 4. The number of carbonyl (C=O) groups is 2. The maximum Gasteiger partial charge on any atom is 0.332 e. The molecule has 2 saturated heterocycles. The minimum atomic E-state index is -1.09. The number of anilines is 1. The van der Waals surface area contributed by atoms with Gasteiger partial charge in [0, 0.05) is 36.1 Å². The Kier molecular flexibility index (Phi) is 6.96. The Morgan fingerprint density at radius 3 is 2.32 bits per heavy atom. The van der Waals surface area contributed by atoms with E-state index in [9.17, 15) is 14.9 Å². The molecule has 2 aliphatic rings. The predicted octanol–water partition coefficient (Wildman–Crippen LogP) is 5.73. The highest BCUT2D eigenvalue weighted by Gasteiger charge is 2.64. The fourth-order valence-electron chi connectivity index (χ4n) is 5.61. The Bertz CT molecular complexity index is 1350. The molecule has 0 unspecified atom stereocenters. The van der Waals surface area contributed by atoms with Crippen LogP contribution >= 0.6 is 23.2 Å². The molecule has 0 bridgehead atoms. The molecule has 188 valence electrons. The zero-order chi connectivity index (χ0) is 26.2. The molecule has 3 aromatic carbocycles. The number of hydrogen-bond donors (Lipinski definition) is 0. The van der Waals surface area contributed by atoms with E-state index in [2.05, 4.69) is 23.1 Å². The monoisotopic (exact) mass is 532 g/mol. The summed E-state index contributed by atoms with van der Waals surface area (Å²) >= 11 is 12.4. The van der Waals surface area contributed by atoms with Crippen LogP contribution in [0, 0.1) is 11.3 Å². The van der Waals surface area contributed by atoms with Gasteiger partial charge in [0.15, 0.2) is 0 Å². The van der Waals surface area contributed by atoms with Crippen molar-refractivity contribution in [3.05, 3.63) is 99.5 Å². The molecule has 0 saturated carbocycles. The van der Waals surface area contributed by atoms with Gasteiger partial charge in [0.25, 0.3) is 5.91 Å². The lowest BCUT2D eigenvalue weighted by Crippen LogP contribution is -2.53. The number of nitriles is 1. The van der Waals surface area contributed by atoms with Gasteiger partial charge in [-0.05, 0) is 60.8 Å². The molecule has 2 fully saturated rings. The highest BCUT2D eigenvalue weighted by atomic mass is 35.5. The summed E-state index contributed by atoms with van der Waals surface area (Å²) in [4.78, 5) is 32.8. The SMILES string of the molecule is CN1C(=O)N(c2cc(Cl)cc(Cl)c2)C(=O)[C@]12CN(CCCc1ccccc1)C[C@H]2c1ccc(C#N)cc1. The van der Waals surface area contributed by atoms with Crippen molar-refractivity contribution in [2.24, 2.45) is 0 Å². The number of benzene rings is 3.